The quantitative estimate of drug-likeness (QED) is 0.834. The van der Waals surface area contributed by atoms with Crippen LogP contribution in [0.5, 0.6) is 0 Å². The first-order valence-electron chi connectivity index (χ1n) is 6.63. The number of carbonyl (C=O) groups excluding carboxylic acids is 1. The number of carbonyl (C=O) groups is 1. The highest BCUT2D eigenvalue weighted by atomic mass is 32.2. The maximum atomic E-state index is 12.0. The fraction of sp³-hybridized carbons (Fsp3) is 0.615. The fourth-order valence-corrected chi connectivity index (χ4v) is 4.21. The van der Waals surface area contributed by atoms with Crippen LogP contribution in [0.3, 0.4) is 0 Å². The van der Waals surface area contributed by atoms with Crippen molar-refractivity contribution in [1.82, 2.24) is 10.3 Å². The van der Waals surface area contributed by atoms with Crippen molar-refractivity contribution in [3.05, 3.63) is 5.69 Å². The van der Waals surface area contributed by atoms with E-state index in [1.807, 2.05) is 6.92 Å². The number of anilines is 1. The molecule has 20 heavy (non-hydrogen) atoms. The van der Waals surface area contributed by atoms with Gasteiger partial charge in [0.05, 0.1) is 21.7 Å². The van der Waals surface area contributed by atoms with E-state index in [0.29, 0.717) is 10.9 Å². The second-order valence-electron chi connectivity index (χ2n) is 5.02. The number of thiazole rings is 1. The summed E-state index contributed by atoms with van der Waals surface area (Å²) in [6.07, 6.45) is 4.67. The maximum absolute atomic E-state index is 12.0. The van der Waals surface area contributed by atoms with Gasteiger partial charge < -0.3 is 11.1 Å². The molecule has 0 unspecified atom stereocenters. The zero-order valence-corrected chi connectivity index (χ0v) is 13.1. The van der Waals surface area contributed by atoms with Gasteiger partial charge in [-0.05, 0) is 19.8 Å². The lowest BCUT2D eigenvalue weighted by Gasteiger charge is -2.31. The predicted octanol–water partition coefficient (Wildman–Crippen LogP) is 2.47. The molecule has 108 valence electrons. The second-order valence-corrected chi connectivity index (χ2v) is 7.29. The number of nitrogen functional groups attached to an aromatic ring is 1. The average molecular weight is 310 g/mol. The van der Waals surface area contributed by atoms with Crippen molar-refractivity contribution in [3.8, 4) is 6.07 Å². The zero-order valence-electron chi connectivity index (χ0n) is 11.4. The van der Waals surface area contributed by atoms with Gasteiger partial charge in [-0.3, -0.25) is 4.79 Å². The minimum Gasteiger partial charge on any atom is -0.375 e. The highest BCUT2D eigenvalue weighted by Crippen LogP contribution is 2.31. The van der Waals surface area contributed by atoms with Crippen LogP contribution in [0.2, 0.25) is 0 Å². The predicted molar refractivity (Wildman–Crippen MR) is 81.6 cm³/mol. The largest absolute Gasteiger partial charge is 0.375 e. The van der Waals surface area contributed by atoms with Crippen LogP contribution in [0.1, 0.15) is 37.8 Å². The molecule has 1 aromatic rings. The third kappa shape index (κ3) is 3.64. The van der Waals surface area contributed by atoms with Gasteiger partial charge in [-0.25, -0.2) is 4.98 Å². The number of nitrogens with zero attached hydrogens (tertiary/aromatic N) is 2. The Hall–Kier alpha value is -1.26. The smallest absolute Gasteiger partial charge is 0.231 e. The van der Waals surface area contributed by atoms with E-state index in [-0.39, 0.29) is 5.91 Å². The molecule has 7 heteroatoms. The Bertz CT molecular complexity index is 529. The normalized spacial score (nSPS) is 17.4. The number of hydrogen-bond donors (Lipinski definition) is 2. The van der Waals surface area contributed by atoms with Gasteiger partial charge in [0.25, 0.3) is 0 Å². The molecule has 1 aromatic heterocycles. The van der Waals surface area contributed by atoms with Crippen LogP contribution in [0.25, 0.3) is 0 Å². The van der Waals surface area contributed by atoms with Crippen molar-refractivity contribution in [2.24, 2.45) is 0 Å². The average Bonchev–Trinajstić information content (AvgIpc) is 2.76. The molecule has 1 heterocycles. The summed E-state index contributed by atoms with van der Waals surface area (Å²) in [6.45, 7) is 1.88. The molecule has 0 saturated heterocycles. The van der Waals surface area contributed by atoms with E-state index in [0.717, 1.165) is 42.0 Å². The van der Waals surface area contributed by atoms with E-state index in [1.54, 1.807) is 0 Å². The monoisotopic (exact) mass is 310 g/mol. The van der Waals surface area contributed by atoms with Crippen LogP contribution >= 0.6 is 23.1 Å². The zero-order chi connectivity index (χ0) is 14.6. The van der Waals surface area contributed by atoms with Gasteiger partial charge in [0, 0.05) is 0 Å². The van der Waals surface area contributed by atoms with Gasteiger partial charge in [0.2, 0.25) is 5.91 Å². The Morgan fingerprint density at radius 2 is 2.25 bits per heavy atom. The Morgan fingerprint density at radius 1 is 1.55 bits per heavy atom. The molecule has 0 bridgehead atoms. The molecular formula is C13H18N4OS2. The van der Waals surface area contributed by atoms with Crippen molar-refractivity contribution in [3.63, 3.8) is 0 Å². The lowest BCUT2D eigenvalue weighted by molar-refractivity contribution is -0.120. The number of amides is 1. The molecule has 1 aliphatic rings. The van der Waals surface area contributed by atoms with Gasteiger partial charge in [-0.2, -0.15) is 5.26 Å². The van der Waals surface area contributed by atoms with E-state index in [9.17, 15) is 10.1 Å². The molecule has 1 saturated carbocycles. The van der Waals surface area contributed by atoms with E-state index in [2.05, 4.69) is 16.4 Å². The lowest BCUT2D eigenvalue weighted by atomic mass is 9.83. The van der Waals surface area contributed by atoms with Gasteiger partial charge >= 0.3 is 0 Å². The first-order chi connectivity index (χ1) is 9.54. The number of aryl methyl sites for hydroxylation is 1. The Morgan fingerprint density at radius 3 is 2.80 bits per heavy atom. The van der Waals surface area contributed by atoms with Crippen LogP contribution in [-0.4, -0.2) is 22.2 Å². The van der Waals surface area contributed by atoms with E-state index in [1.165, 1.54) is 23.1 Å². The summed E-state index contributed by atoms with van der Waals surface area (Å²) in [5.74, 6) is 0.205. The molecule has 1 fully saturated rings. The van der Waals surface area contributed by atoms with Crippen molar-refractivity contribution in [1.29, 1.82) is 5.26 Å². The summed E-state index contributed by atoms with van der Waals surface area (Å²) < 4.78 is 0.965. The first-order valence-corrected chi connectivity index (χ1v) is 8.43. The summed E-state index contributed by atoms with van der Waals surface area (Å²) >= 11 is 2.82. The molecule has 3 N–H and O–H groups in total. The Labute approximate surface area is 127 Å². The van der Waals surface area contributed by atoms with Gasteiger partial charge in [0.15, 0.2) is 5.13 Å². The Balaban J connectivity index is 1.89. The van der Waals surface area contributed by atoms with E-state index >= 15 is 0 Å². The van der Waals surface area contributed by atoms with E-state index < -0.39 is 5.54 Å². The van der Waals surface area contributed by atoms with Gasteiger partial charge in [0.1, 0.15) is 5.54 Å². The molecule has 5 nitrogen and oxygen atoms in total. The number of aromatic nitrogens is 1. The van der Waals surface area contributed by atoms with Crippen molar-refractivity contribution in [2.45, 2.75) is 48.8 Å². The molecule has 0 radical (unpaired) electrons. The highest BCUT2D eigenvalue weighted by molar-refractivity contribution is 8.01. The van der Waals surface area contributed by atoms with E-state index in [4.69, 9.17) is 5.73 Å². The molecule has 0 atom stereocenters. The summed E-state index contributed by atoms with van der Waals surface area (Å²) in [4.78, 5) is 16.2. The maximum Gasteiger partial charge on any atom is 0.231 e. The number of hydrogen-bond acceptors (Lipinski definition) is 6. The third-order valence-corrected chi connectivity index (χ3v) is 5.75. The Kier molecular flexibility index (Phi) is 4.89. The van der Waals surface area contributed by atoms with Gasteiger partial charge in [-0.15, -0.1) is 11.8 Å². The number of nitrogens with one attached hydrogen (secondary N) is 1. The number of thioether (sulfide) groups is 1. The minimum atomic E-state index is -0.655. The topological polar surface area (TPSA) is 91.8 Å². The van der Waals surface area contributed by atoms with Crippen LogP contribution in [0, 0.1) is 18.3 Å². The second kappa shape index (κ2) is 6.46. The molecule has 0 spiro atoms. The third-order valence-electron chi connectivity index (χ3n) is 3.40. The molecule has 1 aliphatic carbocycles. The summed E-state index contributed by atoms with van der Waals surface area (Å²) in [5, 5.41) is 12.8. The summed E-state index contributed by atoms with van der Waals surface area (Å²) in [5.41, 5.74) is 5.83. The number of nitriles is 1. The summed E-state index contributed by atoms with van der Waals surface area (Å²) in [7, 11) is 0. The van der Waals surface area contributed by atoms with Crippen molar-refractivity contribution in [2.75, 3.05) is 11.5 Å². The lowest BCUT2D eigenvalue weighted by Crippen LogP contribution is -2.49. The minimum absolute atomic E-state index is 0.0928. The molecular weight excluding hydrogens is 292 g/mol. The molecule has 1 amide bonds. The first kappa shape index (κ1) is 15.1. The van der Waals surface area contributed by atoms with Crippen LogP contribution < -0.4 is 11.1 Å². The highest BCUT2D eigenvalue weighted by Gasteiger charge is 2.33. The van der Waals surface area contributed by atoms with Crippen LogP contribution in [-0.2, 0) is 4.79 Å². The van der Waals surface area contributed by atoms with Crippen LogP contribution in [0.15, 0.2) is 4.21 Å². The summed E-state index contributed by atoms with van der Waals surface area (Å²) in [6, 6.07) is 2.29. The van der Waals surface area contributed by atoms with Crippen LogP contribution in [0.4, 0.5) is 5.13 Å². The SMILES string of the molecule is Cc1nc(N)sc1SCC(=O)NC1(C#N)CCCCC1. The van der Waals surface area contributed by atoms with Crippen molar-refractivity contribution < 1.29 is 4.79 Å². The fourth-order valence-electron chi connectivity index (χ4n) is 2.39. The molecule has 0 aliphatic heterocycles. The standard InChI is InChI=1S/C13H18N4OS2/c1-9-11(20-12(15)16-9)19-7-10(18)17-13(8-14)5-3-2-4-6-13/h2-7H2,1H3,(H2,15,16)(H,17,18). The number of nitrogens with two attached hydrogens (primary N) is 1. The number of rotatable bonds is 4. The van der Waals surface area contributed by atoms with Crippen molar-refractivity contribution >= 4 is 34.1 Å². The van der Waals surface area contributed by atoms with Gasteiger partial charge in [-0.1, -0.05) is 30.6 Å². The molecule has 0 aromatic carbocycles. The molecule has 2 rings (SSSR count).